The zero-order chi connectivity index (χ0) is 15.6. The Morgan fingerprint density at radius 1 is 0.810 bits per heavy atom. The first-order valence-corrected chi connectivity index (χ1v) is 8.25. The third-order valence-electron chi connectivity index (χ3n) is 2.44. The molecule has 2 nitrogen and oxygen atoms in total. The van der Waals surface area contributed by atoms with Crippen molar-refractivity contribution in [1.29, 1.82) is 0 Å². The number of hydrogen-bond acceptors (Lipinski definition) is 1. The molecule has 0 saturated heterocycles. The van der Waals surface area contributed by atoms with Gasteiger partial charge in [-0.1, -0.05) is 62.3 Å². The summed E-state index contributed by atoms with van der Waals surface area (Å²) in [5.74, 6) is 0. The van der Waals surface area contributed by atoms with Gasteiger partial charge in [-0.3, -0.25) is 0 Å². The molecule has 0 atom stereocenters. The molecule has 0 bridgehead atoms. The van der Waals surface area contributed by atoms with E-state index >= 15 is 0 Å². The Balaban J connectivity index is 2.13. The SMILES string of the molecule is S=C(Nc1ccc(Br)cc1Cl)Nc1cc(Cl)c(Cl)cc1Cl. The maximum absolute atomic E-state index is 6.11. The molecular formula is C13H7BrCl4N2S. The highest BCUT2D eigenvalue weighted by atomic mass is 79.9. The fourth-order valence-corrected chi connectivity index (χ4v) is 3.02. The molecule has 110 valence electrons. The Labute approximate surface area is 155 Å². The molecule has 0 aliphatic heterocycles. The van der Waals surface area contributed by atoms with Crippen molar-refractivity contribution in [3.63, 3.8) is 0 Å². The summed E-state index contributed by atoms with van der Waals surface area (Å²) in [4.78, 5) is 0. The molecule has 8 heteroatoms. The first-order chi connectivity index (χ1) is 9.86. The van der Waals surface area contributed by atoms with E-state index in [0.29, 0.717) is 36.6 Å². The lowest BCUT2D eigenvalue weighted by Crippen LogP contribution is -2.19. The van der Waals surface area contributed by atoms with Gasteiger partial charge < -0.3 is 10.6 Å². The Kier molecular flexibility index (Phi) is 6.00. The largest absolute Gasteiger partial charge is 0.331 e. The minimum atomic E-state index is 0.333. The summed E-state index contributed by atoms with van der Waals surface area (Å²) < 4.78 is 0.879. The lowest BCUT2D eigenvalue weighted by molar-refractivity contribution is 1.58. The predicted octanol–water partition coefficient (Wildman–Crippen LogP) is 6.87. The maximum Gasteiger partial charge on any atom is 0.175 e. The molecular weight excluding hydrogens is 438 g/mol. The van der Waals surface area contributed by atoms with Crippen LogP contribution in [-0.2, 0) is 0 Å². The van der Waals surface area contributed by atoms with Gasteiger partial charge in [0, 0.05) is 4.47 Å². The zero-order valence-corrected chi connectivity index (χ0v) is 15.6. The minimum absolute atomic E-state index is 0.333. The van der Waals surface area contributed by atoms with E-state index in [1.807, 2.05) is 6.07 Å². The molecule has 2 aromatic carbocycles. The van der Waals surface area contributed by atoms with Crippen molar-refractivity contribution in [2.45, 2.75) is 0 Å². The number of thiocarbonyl (C=S) groups is 1. The van der Waals surface area contributed by atoms with Crippen LogP contribution in [0.3, 0.4) is 0 Å². The summed E-state index contributed by atoms with van der Waals surface area (Å²) >= 11 is 32.6. The van der Waals surface area contributed by atoms with E-state index in [0.717, 1.165) is 4.47 Å². The lowest BCUT2D eigenvalue weighted by atomic mass is 10.3. The van der Waals surface area contributed by atoms with Crippen LogP contribution in [0, 0.1) is 0 Å². The number of nitrogens with one attached hydrogen (secondary N) is 2. The lowest BCUT2D eigenvalue weighted by Gasteiger charge is -2.13. The summed E-state index contributed by atoms with van der Waals surface area (Å²) in [6, 6.07) is 8.56. The summed E-state index contributed by atoms with van der Waals surface area (Å²) in [5, 5.41) is 7.96. The van der Waals surface area contributed by atoms with Gasteiger partial charge in [-0.05, 0) is 42.5 Å². The molecule has 0 fully saturated rings. The van der Waals surface area contributed by atoms with Crippen LogP contribution in [0.4, 0.5) is 11.4 Å². The number of anilines is 2. The van der Waals surface area contributed by atoms with Gasteiger partial charge in [-0.15, -0.1) is 0 Å². The Morgan fingerprint density at radius 3 is 2.05 bits per heavy atom. The average molecular weight is 445 g/mol. The van der Waals surface area contributed by atoms with Gasteiger partial charge in [0.25, 0.3) is 0 Å². The fraction of sp³-hybridized carbons (Fsp3) is 0. The molecule has 0 saturated carbocycles. The molecule has 0 aliphatic carbocycles. The molecule has 21 heavy (non-hydrogen) atoms. The van der Waals surface area contributed by atoms with E-state index in [9.17, 15) is 0 Å². The van der Waals surface area contributed by atoms with Gasteiger partial charge in [-0.2, -0.15) is 0 Å². The number of halogens is 5. The molecule has 0 spiro atoms. The van der Waals surface area contributed by atoms with Crippen LogP contribution in [0.15, 0.2) is 34.8 Å². The van der Waals surface area contributed by atoms with Crippen molar-refractivity contribution in [1.82, 2.24) is 0 Å². The summed E-state index contributed by atoms with van der Waals surface area (Å²) in [6.07, 6.45) is 0. The van der Waals surface area contributed by atoms with Crippen molar-refractivity contribution in [2.75, 3.05) is 10.6 Å². The van der Waals surface area contributed by atoms with Crippen LogP contribution in [0.5, 0.6) is 0 Å². The van der Waals surface area contributed by atoms with E-state index in [1.54, 1.807) is 24.3 Å². The monoisotopic (exact) mass is 442 g/mol. The van der Waals surface area contributed by atoms with Crippen LogP contribution in [0.1, 0.15) is 0 Å². The van der Waals surface area contributed by atoms with Gasteiger partial charge >= 0.3 is 0 Å². The van der Waals surface area contributed by atoms with E-state index in [-0.39, 0.29) is 0 Å². The summed E-state index contributed by atoms with van der Waals surface area (Å²) in [7, 11) is 0. The van der Waals surface area contributed by atoms with Gasteiger partial charge in [0.2, 0.25) is 0 Å². The van der Waals surface area contributed by atoms with Gasteiger partial charge in [-0.25, -0.2) is 0 Å². The van der Waals surface area contributed by atoms with Crippen molar-refractivity contribution in [3.8, 4) is 0 Å². The predicted molar refractivity (Wildman–Crippen MR) is 100 cm³/mol. The highest BCUT2D eigenvalue weighted by molar-refractivity contribution is 9.10. The second-order valence-corrected chi connectivity index (χ2v) is 6.90. The third-order valence-corrected chi connectivity index (χ3v) is 4.48. The molecule has 2 rings (SSSR count). The topological polar surface area (TPSA) is 24.1 Å². The second kappa shape index (κ2) is 7.36. The van der Waals surface area contributed by atoms with E-state index in [4.69, 9.17) is 58.6 Å². The molecule has 0 aromatic heterocycles. The maximum atomic E-state index is 6.11. The summed E-state index contributed by atoms with van der Waals surface area (Å²) in [5.41, 5.74) is 1.23. The molecule has 0 heterocycles. The van der Waals surface area contributed by atoms with Crippen LogP contribution in [0.25, 0.3) is 0 Å². The first-order valence-electron chi connectivity index (χ1n) is 5.54. The smallest absolute Gasteiger partial charge is 0.175 e. The van der Waals surface area contributed by atoms with Gasteiger partial charge in [0.05, 0.1) is 31.5 Å². The van der Waals surface area contributed by atoms with Crippen LogP contribution in [-0.4, -0.2) is 5.11 Å². The summed E-state index contributed by atoms with van der Waals surface area (Å²) in [6.45, 7) is 0. The van der Waals surface area contributed by atoms with Gasteiger partial charge in [0.1, 0.15) is 0 Å². The quantitative estimate of drug-likeness (QED) is 0.390. The second-order valence-electron chi connectivity index (χ2n) is 3.95. The molecule has 0 amide bonds. The molecule has 2 aromatic rings. The Hall–Kier alpha value is -0.230. The molecule has 0 aliphatic rings. The molecule has 0 unspecified atom stereocenters. The third kappa shape index (κ3) is 4.62. The zero-order valence-electron chi connectivity index (χ0n) is 10.2. The minimum Gasteiger partial charge on any atom is -0.331 e. The Bertz CT molecular complexity index is 709. The van der Waals surface area contributed by atoms with Crippen molar-refractivity contribution < 1.29 is 0 Å². The van der Waals surface area contributed by atoms with Crippen molar-refractivity contribution in [2.24, 2.45) is 0 Å². The standard InChI is InChI=1S/C13H7BrCl4N2S/c14-6-1-2-11(9(17)3-6)19-13(21)20-12-5-8(16)7(15)4-10(12)18/h1-5H,(H2,19,20,21). The van der Waals surface area contributed by atoms with E-state index in [2.05, 4.69) is 26.6 Å². The normalized spacial score (nSPS) is 10.3. The van der Waals surface area contributed by atoms with Crippen molar-refractivity contribution in [3.05, 3.63) is 54.9 Å². The molecule has 0 radical (unpaired) electrons. The highest BCUT2D eigenvalue weighted by Gasteiger charge is 2.09. The first kappa shape index (κ1) is 17.1. The number of benzene rings is 2. The van der Waals surface area contributed by atoms with Crippen LogP contribution < -0.4 is 10.6 Å². The average Bonchev–Trinajstić information content (AvgIpc) is 2.39. The number of rotatable bonds is 2. The van der Waals surface area contributed by atoms with Crippen LogP contribution >= 0.6 is 74.6 Å². The van der Waals surface area contributed by atoms with Crippen LogP contribution in [0.2, 0.25) is 20.1 Å². The van der Waals surface area contributed by atoms with E-state index < -0.39 is 0 Å². The Morgan fingerprint density at radius 2 is 1.38 bits per heavy atom. The fourth-order valence-electron chi connectivity index (χ4n) is 1.49. The van der Waals surface area contributed by atoms with E-state index in [1.165, 1.54) is 0 Å². The van der Waals surface area contributed by atoms with Crippen molar-refractivity contribution >= 4 is 91.0 Å². The van der Waals surface area contributed by atoms with Gasteiger partial charge in [0.15, 0.2) is 5.11 Å². The molecule has 2 N–H and O–H groups in total. The number of hydrogen-bond donors (Lipinski definition) is 2. The highest BCUT2D eigenvalue weighted by Crippen LogP contribution is 2.32.